The van der Waals surface area contributed by atoms with Crippen LogP contribution in [0.25, 0.3) is 0 Å². The maximum absolute atomic E-state index is 12.8. The van der Waals surface area contributed by atoms with Gasteiger partial charge in [-0.25, -0.2) is 0 Å². The fourth-order valence-corrected chi connectivity index (χ4v) is 4.36. The number of nitrogens with two attached hydrogens (primary N) is 1. The van der Waals surface area contributed by atoms with Crippen LogP contribution in [0, 0.1) is 11.3 Å². The molecule has 3 unspecified atom stereocenters. The van der Waals surface area contributed by atoms with Crippen molar-refractivity contribution < 1.29 is 9.53 Å². The SMILES string of the molecule is CCC1(NC(=O)C2(N)C3CCOC3C2(C)C)CCC1. The number of fused-ring (bicyclic) bond motifs is 1. The molecule has 0 aromatic rings. The Morgan fingerprint density at radius 2 is 2.11 bits per heavy atom. The molecule has 3 N–H and O–H groups in total. The van der Waals surface area contributed by atoms with E-state index in [-0.39, 0.29) is 28.9 Å². The number of rotatable bonds is 3. The van der Waals surface area contributed by atoms with Crippen molar-refractivity contribution in [1.29, 1.82) is 0 Å². The molecular weight excluding hydrogens is 240 g/mol. The minimum absolute atomic E-state index is 0.0179. The predicted octanol–water partition coefficient (Wildman–Crippen LogP) is 1.58. The summed E-state index contributed by atoms with van der Waals surface area (Å²) in [6, 6.07) is 0. The molecule has 3 fully saturated rings. The van der Waals surface area contributed by atoms with Crippen LogP contribution in [0.5, 0.6) is 0 Å². The van der Waals surface area contributed by atoms with Gasteiger partial charge in [0.2, 0.25) is 5.91 Å². The second-order valence-corrected chi connectivity index (χ2v) is 7.22. The van der Waals surface area contributed by atoms with E-state index in [0.29, 0.717) is 0 Å². The number of amides is 1. The standard InChI is InChI=1S/C15H26N2O2/c1-4-14(7-5-8-14)17-12(18)15(16)10-6-9-19-11(10)13(15,2)3/h10-11H,4-9,16H2,1-3H3,(H,17,18). The summed E-state index contributed by atoms with van der Waals surface area (Å²) in [4.78, 5) is 12.8. The third-order valence-corrected chi connectivity index (χ3v) is 6.20. The fourth-order valence-electron chi connectivity index (χ4n) is 4.36. The van der Waals surface area contributed by atoms with Gasteiger partial charge in [-0.15, -0.1) is 0 Å². The van der Waals surface area contributed by atoms with Crippen LogP contribution in [0.4, 0.5) is 0 Å². The van der Waals surface area contributed by atoms with E-state index in [4.69, 9.17) is 10.5 Å². The lowest BCUT2D eigenvalue weighted by molar-refractivity contribution is -0.177. The zero-order valence-electron chi connectivity index (χ0n) is 12.3. The minimum Gasteiger partial charge on any atom is -0.377 e. The number of nitrogens with one attached hydrogen (secondary N) is 1. The Labute approximate surface area is 115 Å². The van der Waals surface area contributed by atoms with Gasteiger partial charge in [0.1, 0.15) is 5.54 Å². The van der Waals surface area contributed by atoms with Crippen molar-refractivity contribution in [2.75, 3.05) is 6.61 Å². The Hall–Kier alpha value is -0.610. The van der Waals surface area contributed by atoms with Crippen LogP contribution < -0.4 is 11.1 Å². The average molecular weight is 266 g/mol. The largest absolute Gasteiger partial charge is 0.377 e. The molecule has 3 rings (SSSR count). The lowest BCUT2D eigenvalue weighted by Crippen LogP contribution is -2.81. The monoisotopic (exact) mass is 266 g/mol. The van der Waals surface area contributed by atoms with Gasteiger partial charge >= 0.3 is 0 Å². The molecule has 1 heterocycles. The zero-order valence-corrected chi connectivity index (χ0v) is 12.3. The third kappa shape index (κ3) is 1.50. The summed E-state index contributed by atoms with van der Waals surface area (Å²) in [5, 5.41) is 3.27. The summed E-state index contributed by atoms with van der Waals surface area (Å²) in [5.74, 6) is 0.238. The normalized spacial score (nSPS) is 41.9. The summed E-state index contributed by atoms with van der Waals surface area (Å²) < 4.78 is 5.75. The van der Waals surface area contributed by atoms with Gasteiger partial charge < -0.3 is 15.8 Å². The maximum atomic E-state index is 12.8. The molecule has 1 amide bonds. The Bertz CT molecular complexity index is 397. The van der Waals surface area contributed by atoms with Crippen LogP contribution in [-0.4, -0.2) is 29.7 Å². The molecule has 0 aromatic heterocycles. The molecule has 4 heteroatoms. The summed E-state index contributed by atoms with van der Waals surface area (Å²) >= 11 is 0. The Morgan fingerprint density at radius 3 is 2.63 bits per heavy atom. The first-order valence-corrected chi connectivity index (χ1v) is 7.60. The van der Waals surface area contributed by atoms with Crippen molar-refractivity contribution in [3.05, 3.63) is 0 Å². The second kappa shape index (κ2) is 3.95. The van der Waals surface area contributed by atoms with Gasteiger partial charge in [0, 0.05) is 23.5 Å². The highest BCUT2D eigenvalue weighted by Gasteiger charge is 2.71. The molecule has 0 radical (unpaired) electrons. The maximum Gasteiger partial charge on any atom is 0.241 e. The number of carbonyl (C=O) groups excluding carboxylic acids is 1. The molecule has 108 valence electrons. The van der Waals surface area contributed by atoms with Gasteiger partial charge in [-0.3, -0.25) is 4.79 Å². The fraction of sp³-hybridized carbons (Fsp3) is 0.933. The first kappa shape index (κ1) is 13.4. The first-order chi connectivity index (χ1) is 8.87. The Kier molecular flexibility index (Phi) is 2.78. The minimum atomic E-state index is -0.758. The van der Waals surface area contributed by atoms with Gasteiger partial charge in [0.15, 0.2) is 0 Å². The molecule has 3 atom stereocenters. The predicted molar refractivity (Wildman–Crippen MR) is 73.6 cm³/mol. The summed E-state index contributed by atoms with van der Waals surface area (Å²) in [6.45, 7) is 7.02. The van der Waals surface area contributed by atoms with Crippen LogP contribution in [-0.2, 0) is 9.53 Å². The van der Waals surface area contributed by atoms with E-state index in [1.165, 1.54) is 6.42 Å². The second-order valence-electron chi connectivity index (χ2n) is 7.22. The van der Waals surface area contributed by atoms with Gasteiger partial charge in [0.05, 0.1) is 6.10 Å². The van der Waals surface area contributed by atoms with Gasteiger partial charge in [-0.2, -0.15) is 0 Å². The van der Waals surface area contributed by atoms with Crippen LogP contribution in [0.15, 0.2) is 0 Å². The van der Waals surface area contributed by atoms with Crippen LogP contribution in [0.3, 0.4) is 0 Å². The van der Waals surface area contributed by atoms with E-state index in [0.717, 1.165) is 32.3 Å². The molecule has 1 aliphatic heterocycles. The number of carbonyl (C=O) groups is 1. The van der Waals surface area contributed by atoms with Crippen LogP contribution >= 0.6 is 0 Å². The van der Waals surface area contributed by atoms with Crippen molar-refractivity contribution in [1.82, 2.24) is 5.32 Å². The van der Waals surface area contributed by atoms with E-state index >= 15 is 0 Å². The smallest absolute Gasteiger partial charge is 0.241 e. The van der Waals surface area contributed by atoms with Gasteiger partial charge in [0.25, 0.3) is 0 Å². The highest BCUT2D eigenvalue weighted by Crippen LogP contribution is 2.58. The van der Waals surface area contributed by atoms with Gasteiger partial charge in [-0.05, 0) is 32.1 Å². The molecule has 2 aliphatic carbocycles. The van der Waals surface area contributed by atoms with E-state index in [1.54, 1.807) is 0 Å². The van der Waals surface area contributed by atoms with Crippen LogP contribution in [0.2, 0.25) is 0 Å². The summed E-state index contributed by atoms with van der Waals surface area (Å²) in [5.41, 5.74) is 5.55. The Balaban J connectivity index is 1.79. The number of hydrogen-bond donors (Lipinski definition) is 2. The van der Waals surface area contributed by atoms with Gasteiger partial charge in [-0.1, -0.05) is 20.8 Å². The van der Waals surface area contributed by atoms with E-state index in [9.17, 15) is 4.79 Å². The molecule has 4 nitrogen and oxygen atoms in total. The summed E-state index contributed by atoms with van der Waals surface area (Å²) in [6.07, 6.45) is 5.47. The first-order valence-electron chi connectivity index (χ1n) is 7.60. The Morgan fingerprint density at radius 1 is 1.42 bits per heavy atom. The molecule has 0 bridgehead atoms. The van der Waals surface area contributed by atoms with E-state index in [1.807, 2.05) is 0 Å². The van der Waals surface area contributed by atoms with Crippen molar-refractivity contribution >= 4 is 5.91 Å². The quantitative estimate of drug-likeness (QED) is 0.815. The van der Waals surface area contributed by atoms with E-state index < -0.39 is 5.54 Å². The number of ether oxygens (including phenoxy) is 1. The summed E-state index contributed by atoms with van der Waals surface area (Å²) in [7, 11) is 0. The lowest BCUT2D eigenvalue weighted by Gasteiger charge is -2.61. The van der Waals surface area contributed by atoms with E-state index in [2.05, 4.69) is 26.1 Å². The van der Waals surface area contributed by atoms with Crippen molar-refractivity contribution in [2.24, 2.45) is 17.1 Å². The molecular formula is C15H26N2O2. The average Bonchev–Trinajstić information content (AvgIpc) is 2.80. The molecule has 0 aromatic carbocycles. The van der Waals surface area contributed by atoms with Crippen molar-refractivity contribution in [3.8, 4) is 0 Å². The molecule has 19 heavy (non-hydrogen) atoms. The highest BCUT2D eigenvalue weighted by molar-refractivity contribution is 5.90. The molecule has 2 saturated carbocycles. The molecule has 0 spiro atoms. The molecule has 3 aliphatic rings. The topological polar surface area (TPSA) is 64.4 Å². The third-order valence-electron chi connectivity index (χ3n) is 6.20. The van der Waals surface area contributed by atoms with Crippen LogP contribution in [0.1, 0.15) is 52.9 Å². The number of hydrogen-bond acceptors (Lipinski definition) is 3. The molecule has 1 saturated heterocycles. The highest BCUT2D eigenvalue weighted by atomic mass is 16.5. The zero-order chi connectivity index (χ0) is 13.9. The van der Waals surface area contributed by atoms with Crippen molar-refractivity contribution in [2.45, 2.75) is 70.1 Å². The lowest BCUT2D eigenvalue weighted by atomic mass is 9.47. The van der Waals surface area contributed by atoms with Crippen molar-refractivity contribution in [3.63, 3.8) is 0 Å².